The van der Waals surface area contributed by atoms with Gasteiger partial charge in [-0.2, -0.15) is 0 Å². The second-order valence-electron chi connectivity index (χ2n) is 4.38. The number of hydrogen-bond donors (Lipinski definition) is 2. The molecule has 0 atom stereocenters. The van der Waals surface area contributed by atoms with Crippen LogP contribution in [0.5, 0.6) is 5.75 Å². The van der Waals surface area contributed by atoms with E-state index in [2.05, 4.69) is 5.32 Å². The molecule has 0 unspecified atom stereocenters. The van der Waals surface area contributed by atoms with Crippen molar-refractivity contribution >= 4 is 28.6 Å². The molecular weight excluding hydrogens is 288 g/mol. The summed E-state index contributed by atoms with van der Waals surface area (Å²) in [5, 5.41) is 4.74. The van der Waals surface area contributed by atoms with Crippen molar-refractivity contribution in [3.8, 4) is 5.75 Å². The van der Waals surface area contributed by atoms with E-state index in [9.17, 15) is 4.79 Å². The van der Waals surface area contributed by atoms with Crippen LogP contribution >= 0.6 is 11.3 Å². The predicted molar refractivity (Wildman–Crippen MR) is 84.9 cm³/mol. The molecule has 0 radical (unpaired) electrons. The van der Waals surface area contributed by atoms with Crippen LogP contribution in [0, 0.1) is 0 Å². The highest BCUT2D eigenvalue weighted by Gasteiger charge is 2.06. The summed E-state index contributed by atoms with van der Waals surface area (Å²) >= 11 is 1.68. The van der Waals surface area contributed by atoms with Crippen LogP contribution in [0.25, 0.3) is 0 Å². The zero-order valence-electron chi connectivity index (χ0n) is 11.8. The fourth-order valence-corrected chi connectivity index (χ4v) is 2.45. The number of anilines is 2. The van der Waals surface area contributed by atoms with E-state index in [0.29, 0.717) is 23.7 Å². The molecule has 5 nitrogen and oxygen atoms in total. The van der Waals surface area contributed by atoms with E-state index in [1.54, 1.807) is 36.6 Å². The van der Waals surface area contributed by atoms with Gasteiger partial charge in [-0.25, -0.2) is 0 Å². The largest absolute Gasteiger partial charge is 0.497 e. The van der Waals surface area contributed by atoms with Crippen LogP contribution in [0.3, 0.4) is 0 Å². The van der Waals surface area contributed by atoms with Crippen LogP contribution in [0.4, 0.5) is 11.4 Å². The lowest BCUT2D eigenvalue weighted by Gasteiger charge is -2.10. The third kappa shape index (κ3) is 4.77. The molecule has 112 valence electrons. The van der Waals surface area contributed by atoms with Crippen LogP contribution in [0.2, 0.25) is 0 Å². The number of nitrogens with two attached hydrogens (primary N) is 1. The Morgan fingerprint density at radius 2 is 2.24 bits per heavy atom. The number of nitrogen functional groups attached to an aromatic ring is 1. The van der Waals surface area contributed by atoms with Crippen molar-refractivity contribution in [1.29, 1.82) is 0 Å². The van der Waals surface area contributed by atoms with Crippen molar-refractivity contribution in [2.24, 2.45) is 0 Å². The number of thiophene rings is 1. The van der Waals surface area contributed by atoms with Crippen LogP contribution in [0.1, 0.15) is 4.88 Å². The molecule has 1 heterocycles. The zero-order chi connectivity index (χ0) is 15.1. The molecule has 6 heteroatoms. The third-order valence-electron chi connectivity index (χ3n) is 2.84. The summed E-state index contributed by atoms with van der Waals surface area (Å²) in [5.41, 5.74) is 6.85. The minimum Gasteiger partial charge on any atom is -0.497 e. The summed E-state index contributed by atoms with van der Waals surface area (Å²) in [6, 6.07) is 9.15. The summed E-state index contributed by atoms with van der Waals surface area (Å²) in [5.74, 6) is 0.427. The number of rotatable bonds is 7. The van der Waals surface area contributed by atoms with E-state index < -0.39 is 0 Å². The quantitative estimate of drug-likeness (QED) is 0.609. The maximum absolute atomic E-state index is 11.8. The molecule has 0 spiro atoms. The van der Waals surface area contributed by atoms with Crippen molar-refractivity contribution in [3.63, 3.8) is 0 Å². The Morgan fingerprint density at radius 3 is 2.90 bits per heavy atom. The smallest absolute Gasteiger partial charge is 0.250 e. The van der Waals surface area contributed by atoms with Crippen molar-refractivity contribution in [2.45, 2.75) is 6.42 Å². The highest BCUT2D eigenvalue weighted by molar-refractivity contribution is 7.09. The highest BCUT2D eigenvalue weighted by Crippen LogP contribution is 2.23. The first-order valence-corrected chi connectivity index (χ1v) is 7.40. The average molecular weight is 306 g/mol. The van der Waals surface area contributed by atoms with Crippen LogP contribution in [-0.2, 0) is 16.0 Å². The molecule has 0 saturated carbocycles. The lowest BCUT2D eigenvalue weighted by Crippen LogP contribution is -2.19. The molecule has 0 fully saturated rings. The molecule has 0 bridgehead atoms. The maximum Gasteiger partial charge on any atom is 0.250 e. The second-order valence-corrected chi connectivity index (χ2v) is 5.42. The standard InChI is InChI=1S/C15H18N2O3S/c1-19-11-4-5-14(13(16)9-11)17-15(18)10-20-7-6-12-3-2-8-21-12/h2-5,8-9H,6-7,10,16H2,1H3,(H,17,18). The molecule has 0 aliphatic rings. The predicted octanol–water partition coefficient (Wildman–Crippen LogP) is 2.54. The van der Waals surface area contributed by atoms with Gasteiger partial charge in [0.2, 0.25) is 5.91 Å². The number of amides is 1. The number of hydrogen-bond acceptors (Lipinski definition) is 5. The molecule has 0 aliphatic heterocycles. The van der Waals surface area contributed by atoms with E-state index in [4.69, 9.17) is 15.2 Å². The molecule has 2 rings (SSSR count). The summed E-state index contributed by atoms with van der Waals surface area (Å²) in [7, 11) is 1.56. The van der Waals surface area contributed by atoms with Crippen LogP contribution in [0.15, 0.2) is 35.7 Å². The van der Waals surface area contributed by atoms with Gasteiger partial charge >= 0.3 is 0 Å². The molecule has 1 aromatic carbocycles. The van der Waals surface area contributed by atoms with Crippen molar-refractivity contribution in [3.05, 3.63) is 40.6 Å². The van der Waals surface area contributed by atoms with Crippen molar-refractivity contribution in [2.75, 3.05) is 31.4 Å². The molecule has 0 saturated heterocycles. The molecular formula is C15H18N2O3S. The first kappa shape index (κ1) is 15.3. The van der Waals surface area contributed by atoms with E-state index in [1.165, 1.54) is 4.88 Å². The first-order chi connectivity index (χ1) is 10.2. The monoisotopic (exact) mass is 306 g/mol. The molecule has 0 aliphatic carbocycles. The molecule has 2 aromatic rings. The van der Waals surface area contributed by atoms with Gasteiger partial charge in [-0.1, -0.05) is 6.07 Å². The van der Waals surface area contributed by atoms with Gasteiger partial charge in [-0.05, 0) is 23.6 Å². The summed E-state index contributed by atoms with van der Waals surface area (Å²) < 4.78 is 10.4. The second kappa shape index (κ2) is 7.66. The average Bonchev–Trinajstić information content (AvgIpc) is 2.99. The van der Waals surface area contributed by atoms with Gasteiger partial charge in [0, 0.05) is 17.4 Å². The Balaban J connectivity index is 1.74. The fraction of sp³-hybridized carbons (Fsp3) is 0.267. The molecule has 21 heavy (non-hydrogen) atoms. The van der Waals surface area contributed by atoms with Gasteiger partial charge in [0.05, 0.1) is 25.1 Å². The number of benzene rings is 1. The van der Waals surface area contributed by atoms with E-state index >= 15 is 0 Å². The maximum atomic E-state index is 11.8. The van der Waals surface area contributed by atoms with Crippen LogP contribution < -0.4 is 15.8 Å². The SMILES string of the molecule is COc1ccc(NC(=O)COCCc2cccs2)c(N)c1. The van der Waals surface area contributed by atoms with Gasteiger partial charge in [0.15, 0.2) is 0 Å². The number of ether oxygens (including phenoxy) is 2. The zero-order valence-corrected chi connectivity index (χ0v) is 12.6. The topological polar surface area (TPSA) is 73.6 Å². The number of carbonyl (C=O) groups excluding carboxylic acids is 1. The van der Waals surface area contributed by atoms with Gasteiger partial charge < -0.3 is 20.5 Å². The Kier molecular flexibility index (Phi) is 5.59. The minimum absolute atomic E-state index is 0.0108. The van der Waals surface area contributed by atoms with E-state index in [0.717, 1.165) is 6.42 Å². The summed E-state index contributed by atoms with van der Waals surface area (Å²) in [4.78, 5) is 13.0. The van der Waals surface area contributed by atoms with Gasteiger partial charge in [-0.3, -0.25) is 4.79 Å². The van der Waals surface area contributed by atoms with Crippen molar-refractivity contribution in [1.82, 2.24) is 0 Å². The Labute approximate surface area is 127 Å². The van der Waals surface area contributed by atoms with E-state index in [-0.39, 0.29) is 12.5 Å². The van der Waals surface area contributed by atoms with Crippen molar-refractivity contribution < 1.29 is 14.3 Å². The van der Waals surface area contributed by atoms with Crippen LogP contribution in [-0.4, -0.2) is 26.2 Å². The summed E-state index contributed by atoms with van der Waals surface area (Å²) in [6.45, 7) is 0.531. The number of carbonyl (C=O) groups is 1. The molecule has 3 N–H and O–H groups in total. The Bertz CT molecular complexity index is 585. The lowest BCUT2D eigenvalue weighted by molar-refractivity contribution is -0.120. The third-order valence-corrected chi connectivity index (χ3v) is 3.78. The highest BCUT2D eigenvalue weighted by atomic mass is 32.1. The fourth-order valence-electron chi connectivity index (χ4n) is 1.76. The minimum atomic E-state index is -0.224. The lowest BCUT2D eigenvalue weighted by atomic mass is 10.2. The first-order valence-electron chi connectivity index (χ1n) is 6.52. The van der Waals surface area contributed by atoms with Gasteiger partial charge in [0.25, 0.3) is 0 Å². The summed E-state index contributed by atoms with van der Waals surface area (Å²) in [6.07, 6.45) is 0.815. The number of nitrogens with one attached hydrogen (secondary N) is 1. The van der Waals surface area contributed by atoms with Gasteiger partial charge in [-0.15, -0.1) is 11.3 Å². The van der Waals surface area contributed by atoms with E-state index in [1.807, 2.05) is 17.5 Å². The molecule has 1 amide bonds. The van der Waals surface area contributed by atoms with Gasteiger partial charge in [0.1, 0.15) is 12.4 Å². The normalized spacial score (nSPS) is 10.3. The Hall–Kier alpha value is -2.05. The Morgan fingerprint density at radius 1 is 1.38 bits per heavy atom. The molecule has 1 aromatic heterocycles. The number of methoxy groups -OCH3 is 1.